The lowest BCUT2D eigenvalue weighted by atomic mass is 10.2. The van der Waals surface area contributed by atoms with Crippen LogP contribution < -0.4 is 16.0 Å². The van der Waals surface area contributed by atoms with Gasteiger partial charge in [-0.25, -0.2) is 9.18 Å². The zero-order chi connectivity index (χ0) is 16.1. The minimum atomic E-state index is -0.415. The molecule has 3 N–H and O–H groups in total. The van der Waals surface area contributed by atoms with Crippen molar-refractivity contribution in [1.29, 1.82) is 0 Å². The number of nitrogens with one attached hydrogen (secondary N) is 3. The molecule has 1 fully saturated rings. The molecule has 0 spiro atoms. The number of urea groups is 1. The van der Waals surface area contributed by atoms with Crippen molar-refractivity contribution in [2.75, 3.05) is 30.3 Å². The number of nitrogens with zero attached hydrogens (tertiary/aromatic N) is 1. The lowest BCUT2D eigenvalue weighted by molar-refractivity contribution is 0.0250. The number of morpholine rings is 1. The van der Waals surface area contributed by atoms with Crippen LogP contribution >= 0.6 is 0 Å². The highest BCUT2D eigenvalue weighted by atomic mass is 19.1. The third-order valence-electron chi connectivity index (χ3n) is 3.40. The summed E-state index contributed by atoms with van der Waals surface area (Å²) in [5.41, 5.74) is 1.90. The normalized spacial score (nSPS) is 17.5. The van der Waals surface area contributed by atoms with Crippen molar-refractivity contribution in [2.24, 2.45) is 0 Å². The Bertz CT molecular complexity index is 655. The van der Waals surface area contributed by atoms with Crippen LogP contribution in [0.25, 0.3) is 0 Å². The molecule has 120 valence electrons. The Labute approximate surface area is 133 Å². The van der Waals surface area contributed by atoms with Gasteiger partial charge >= 0.3 is 6.03 Å². The molecule has 0 radical (unpaired) electrons. The third kappa shape index (κ3) is 4.24. The van der Waals surface area contributed by atoms with Gasteiger partial charge < -0.3 is 20.7 Å². The quantitative estimate of drug-likeness (QED) is 0.813. The fourth-order valence-corrected chi connectivity index (χ4v) is 2.25. The summed E-state index contributed by atoms with van der Waals surface area (Å²) in [6, 6.07) is 8.72. The van der Waals surface area contributed by atoms with Crippen molar-refractivity contribution in [3.05, 3.63) is 54.1 Å². The van der Waals surface area contributed by atoms with Gasteiger partial charge in [-0.2, -0.15) is 0 Å². The van der Waals surface area contributed by atoms with Gasteiger partial charge in [0.2, 0.25) is 0 Å². The minimum Gasteiger partial charge on any atom is -0.369 e. The predicted octanol–water partition coefficient (Wildman–Crippen LogP) is 2.53. The molecule has 1 aliphatic heterocycles. The predicted molar refractivity (Wildman–Crippen MR) is 84.8 cm³/mol. The van der Waals surface area contributed by atoms with Gasteiger partial charge in [-0.1, -0.05) is 0 Å². The number of benzene rings is 1. The molecule has 6 nitrogen and oxygen atoms in total. The van der Waals surface area contributed by atoms with Gasteiger partial charge in [0.1, 0.15) is 11.9 Å². The zero-order valence-electron chi connectivity index (χ0n) is 12.4. The van der Waals surface area contributed by atoms with Gasteiger partial charge in [0.15, 0.2) is 0 Å². The van der Waals surface area contributed by atoms with E-state index in [1.54, 1.807) is 12.3 Å². The Balaban J connectivity index is 1.57. The first-order valence-electron chi connectivity index (χ1n) is 7.32. The summed E-state index contributed by atoms with van der Waals surface area (Å²) in [7, 11) is 0. The molecule has 2 heterocycles. The molecule has 2 aromatic rings. The molecule has 0 saturated carbocycles. The van der Waals surface area contributed by atoms with Gasteiger partial charge in [-0.15, -0.1) is 0 Å². The fourth-order valence-electron chi connectivity index (χ4n) is 2.25. The summed E-state index contributed by atoms with van der Waals surface area (Å²) >= 11 is 0. The summed E-state index contributed by atoms with van der Waals surface area (Å²) in [5, 5.41) is 8.53. The maximum Gasteiger partial charge on any atom is 0.323 e. The van der Waals surface area contributed by atoms with Crippen LogP contribution in [0, 0.1) is 5.82 Å². The molecule has 1 saturated heterocycles. The van der Waals surface area contributed by atoms with Gasteiger partial charge in [0.25, 0.3) is 0 Å². The molecule has 1 aromatic heterocycles. The maximum absolute atomic E-state index is 12.8. The number of halogens is 1. The van der Waals surface area contributed by atoms with Crippen LogP contribution in [0.2, 0.25) is 0 Å². The molecule has 1 atom stereocenters. The molecule has 3 rings (SSSR count). The molecule has 1 unspecified atom stereocenters. The van der Waals surface area contributed by atoms with E-state index in [1.807, 2.05) is 6.07 Å². The standard InChI is InChI=1S/C16H17FN4O2/c17-11-1-3-12(4-2-11)20-16(22)21-13-5-6-14(19-9-13)15-10-18-7-8-23-15/h1-6,9,15,18H,7-8,10H2,(H2,20,21,22). The lowest BCUT2D eigenvalue weighted by Crippen LogP contribution is -2.33. The highest BCUT2D eigenvalue weighted by Crippen LogP contribution is 2.18. The van der Waals surface area contributed by atoms with Crippen LogP contribution in [-0.4, -0.2) is 30.7 Å². The molecule has 0 bridgehead atoms. The second kappa shape index (κ2) is 7.17. The van der Waals surface area contributed by atoms with Gasteiger partial charge in [-0.05, 0) is 36.4 Å². The number of carbonyl (C=O) groups excluding carboxylic acids is 1. The number of amides is 2. The van der Waals surface area contributed by atoms with E-state index < -0.39 is 6.03 Å². The highest BCUT2D eigenvalue weighted by molar-refractivity contribution is 5.99. The molecule has 2 amide bonds. The number of hydrogen-bond acceptors (Lipinski definition) is 4. The van der Waals surface area contributed by atoms with Gasteiger partial charge in [-0.3, -0.25) is 4.98 Å². The number of anilines is 2. The molecule has 0 aliphatic carbocycles. The fraction of sp³-hybridized carbons (Fsp3) is 0.250. The molecular formula is C16H17FN4O2. The first-order chi connectivity index (χ1) is 11.2. The van der Waals surface area contributed by atoms with E-state index in [4.69, 9.17) is 4.74 Å². The van der Waals surface area contributed by atoms with Crippen molar-refractivity contribution in [3.8, 4) is 0 Å². The number of pyridine rings is 1. The first-order valence-corrected chi connectivity index (χ1v) is 7.32. The Kier molecular flexibility index (Phi) is 4.80. The summed E-state index contributed by atoms with van der Waals surface area (Å²) in [6.45, 7) is 2.23. The Morgan fingerprint density at radius 2 is 1.91 bits per heavy atom. The molecule has 1 aromatic carbocycles. The van der Waals surface area contributed by atoms with E-state index in [0.717, 1.165) is 18.8 Å². The van der Waals surface area contributed by atoms with E-state index in [1.165, 1.54) is 24.3 Å². The Morgan fingerprint density at radius 1 is 1.17 bits per heavy atom. The Morgan fingerprint density at radius 3 is 2.57 bits per heavy atom. The van der Waals surface area contributed by atoms with E-state index in [-0.39, 0.29) is 11.9 Å². The summed E-state index contributed by atoms with van der Waals surface area (Å²) < 4.78 is 18.4. The first kappa shape index (κ1) is 15.4. The molecular weight excluding hydrogens is 299 g/mol. The average molecular weight is 316 g/mol. The summed E-state index contributed by atoms with van der Waals surface area (Å²) in [4.78, 5) is 16.2. The number of aromatic nitrogens is 1. The topological polar surface area (TPSA) is 75.3 Å². The van der Waals surface area contributed by atoms with Crippen LogP contribution in [0.1, 0.15) is 11.8 Å². The second-order valence-electron chi connectivity index (χ2n) is 5.12. The minimum absolute atomic E-state index is 0.0640. The number of ether oxygens (including phenoxy) is 1. The zero-order valence-corrected chi connectivity index (χ0v) is 12.4. The largest absolute Gasteiger partial charge is 0.369 e. The van der Waals surface area contributed by atoms with Crippen LogP contribution in [-0.2, 0) is 4.74 Å². The average Bonchev–Trinajstić information content (AvgIpc) is 2.58. The van der Waals surface area contributed by atoms with Crippen molar-refractivity contribution in [1.82, 2.24) is 10.3 Å². The van der Waals surface area contributed by atoms with Crippen molar-refractivity contribution in [2.45, 2.75) is 6.10 Å². The summed E-state index contributed by atoms with van der Waals surface area (Å²) in [5.74, 6) is -0.352. The van der Waals surface area contributed by atoms with Crippen molar-refractivity contribution < 1.29 is 13.9 Å². The lowest BCUT2D eigenvalue weighted by Gasteiger charge is -2.23. The van der Waals surface area contributed by atoms with Crippen molar-refractivity contribution in [3.63, 3.8) is 0 Å². The third-order valence-corrected chi connectivity index (χ3v) is 3.40. The van der Waals surface area contributed by atoms with E-state index in [9.17, 15) is 9.18 Å². The van der Waals surface area contributed by atoms with E-state index in [2.05, 4.69) is 20.9 Å². The van der Waals surface area contributed by atoms with Crippen molar-refractivity contribution >= 4 is 17.4 Å². The van der Waals surface area contributed by atoms with Crippen LogP contribution in [0.5, 0.6) is 0 Å². The SMILES string of the molecule is O=C(Nc1ccc(F)cc1)Nc1ccc(C2CNCCO2)nc1. The van der Waals surface area contributed by atoms with Gasteiger partial charge in [0.05, 0.1) is 24.2 Å². The molecule has 1 aliphatic rings. The number of rotatable bonds is 3. The monoisotopic (exact) mass is 316 g/mol. The number of carbonyl (C=O) groups is 1. The second-order valence-corrected chi connectivity index (χ2v) is 5.12. The van der Waals surface area contributed by atoms with E-state index >= 15 is 0 Å². The van der Waals surface area contributed by atoms with Crippen LogP contribution in [0.15, 0.2) is 42.6 Å². The maximum atomic E-state index is 12.8. The summed E-state index contributed by atoms with van der Waals surface area (Å²) in [6.07, 6.45) is 1.52. The van der Waals surface area contributed by atoms with Gasteiger partial charge in [0, 0.05) is 18.8 Å². The van der Waals surface area contributed by atoms with Crippen LogP contribution in [0.4, 0.5) is 20.6 Å². The highest BCUT2D eigenvalue weighted by Gasteiger charge is 2.16. The van der Waals surface area contributed by atoms with E-state index in [0.29, 0.717) is 18.0 Å². The number of hydrogen-bond donors (Lipinski definition) is 3. The Hall–Kier alpha value is -2.51. The van der Waals surface area contributed by atoms with Crippen LogP contribution in [0.3, 0.4) is 0 Å². The molecule has 7 heteroatoms. The molecule has 23 heavy (non-hydrogen) atoms. The smallest absolute Gasteiger partial charge is 0.323 e.